The SMILES string of the molecule is CCOc1ccc(-n2c(N)c(-c3nc4ccccc4s3)sc2=S)cc1. The molecule has 0 aliphatic carbocycles. The van der Waals surface area contributed by atoms with Crippen LogP contribution in [0, 0.1) is 3.95 Å². The molecule has 0 aliphatic rings. The third-order valence-electron chi connectivity index (χ3n) is 3.74. The number of nitrogen functional groups attached to an aromatic ring is 1. The molecule has 0 saturated heterocycles. The Labute approximate surface area is 158 Å². The molecule has 2 heterocycles. The van der Waals surface area contributed by atoms with Crippen LogP contribution in [-0.2, 0) is 0 Å². The number of rotatable bonds is 4. The van der Waals surface area contributed by atoms with Gasteiger partial charge in [0.25, 0.3) is 0 Å². The molecule has 0 bridgehead atoms. The van der Waals surface area contributed by atoms with E-state index < -0.39 is 0 Å². The van der Waals surface area contributed by atoms with Crippen molar-refractivity contribution in [3.63, 3.8) is 0 Å². The zero-order valence-corrected chi connectivity index (χ0v) is 15.9. The fraction of sp³-hybridized carbons (Fsp3) is 0.111. The van der Waals surface area contributed by atoms with E-state index in [0.29, 0.717) is 16.4 Å². The van der Waals surface area contributed by atoms with Crippen molar-refractivity contribution >= 4 is 50.9 Å². The predicted octanol–water partition coefficient (Wildman–Crippen LogP) is 5.53. The minimum Gasteiger partial charge on any atom is -0.494 e. The third kappa shape index (κ3) is 2.95. The summed E-state index contributed by atoms with van der Waals surface area (Å²) in [7, 11) is 0. The quantitative estimate of drug-likeness (QED) is 0.470. The molecule has 0 aliphatic heterocycles. The third-order valence-corrected chi connectivity index (χ3v) is 6.32. The summed E-state index contributed by atoms with van der Waals surface area (Å²) in [6.07, 6.45) is 0. The zero-order valence-electron chi connectivity index (χ0n) is 13.4. The second-order valence-corrected chi connectivity index (χ2v) is 8.01. The first-order chi connectivity index (χ1) is 12.2. The number of nitrogens with two attached hydrogens (primary N) is 1. The van der Waals surface area contributed by atoms with E-state index in [0.717, 1.165) is 31.5 Å². The molecule has 2 aromatic carbocycles. The second-order valence-electron chi connectivity index (χ2n) is 5.33. The monoisotopic (exact) mass is 385 g/mol. The molecule has 0 fully saturated rings. The van der Waals surface area contributed by atoms with E-state index in [1.807, 2.05) is 54.0 Å². The number of hydrogen-bond acceptors (Lipinski definition) is 6. The first-order valence-electron chi connectivity index (χ1n) is 7.78. The summed E-state index contributed by atoms with van der Waals surface area (Å²) in [6, 6.07) is 15.9. The fourth-order valence-corrected chi connectivity index (χ4v) is 5.03. The van der Waals surface area contributed by atoms with Crippen molar-refractivity contribution in [2.45, 2.75) is 6.92 Å². The minimum absolute atomic E-state index is 0.623. The lowest BCUT2D eigenvalue weighted by Gasteiger charge is -2.08. The topological polar surface area (TPSA) is 53.1 Å². The molecule has 126 valence electrons. The number of thiazole rings is 2. The highest BCUT2D eigenvalue weighted by molar-refractivity contribution is 7.73. The molecular weight excluding hydrogens is 370 g/mol. The van der Waals surface area contributed by atoms with Gasteiger partial charge in [0, 0.05) is 5.69 Å². The van der Waals surface area contributed by atoms with Gasteiger partial charge in [-0.05, 0) is 55.5 Å². The molecule has 0 atom stereocenters. The Morgan fingerprint density at radius 1 is 1.12 bits per heavy atom. The molecule has 4 rings (SSSR count). The molecule has 0 spiro atoms. The Kier molecular flexibility index (Phi) is 4.29. The Morgan fingerprint density at radius 2 is 1.88 bits per heavy atom. The van der Waals surface area contributed by atoms with Gasteiger partial charge in [-0.15, -0.1) is 11.3 Å². The van der Waals surface area contributed by atoms with Gasteiger partial charge in [0.1, 0.15) is 21.5 Å². The normalized spacial score (nSPS) is 11.1. The summed E-state index contributed by atoms with van der Waals surface area (Å²) in [5.41, 5.74) is 8.33. The van der Waals surface area contributed by atoms with Crippen molar-refractivity contribution in [1.82, 2.24) is 9.55 Å². The highest BCUT2D eigenvalue weighted by Crippen LogP contribution is 2.39. The number of para-hydroxylation sites is 1. The number of anilines is 1. The van der Waals surface area contributed by atoms with Gasteiger partial charge in [0.05, 0.1) is 16.8 Å². The molecule has 0 radical (unpaired) electrons. The summed E-state index contributed by atoms with van der Waals surface area (Å²) < 4.78 is 9.23. The van der Waals surface area contributed by atoms with E-state index >= 15 is 0 Å². The van der Waals surface area contributed by atoms with Crippen molar-refractivity contribution in [1.29, 1.82) is 0 Å². The molecule has 0 amide bonds. The first-order valence-corrected chi connectivity index (χ1v) is 9.82. The number of hydrogen-bond donors (Lipinski definition) is 1. The van der Waals surface area contributed by atoms with Gasteiger partial charge in [0.2, 0.25) is 0 Å². The molecule has 7 heteroatoms. The van der Waals surface area contributed by atoms with Crippen LogP contribution in [0.15, 0.2) is 48.5 Å². The van der Waals surface area contributed by atoms with Gasteiger partial charge in [-0.25, -0.2) is 4.98 Å². The van der Waals surface area contributed by atoms with Crippen LogP contribution in [0.25, 0.3) is 25.8 Å². The van der Waals surface area contributed by atoms with E-state index in [2.05, 4.69) is 6.07 Å². The molecule has 0 saturated carbocycles. The van der Waals surface area contributed by atoms with Crippen LogP contribution in [0.2, 0.25) is 0 Å². The summed E-state index contributed by atoms with van der Waals surface area (Å²) in [4.78, 5) is 5.62. The highest BCUT2D eigenvalue weighted by Gasteiger charge is 2.16. The maximum absolute atomic E-state index is 6.43. The molecule has 0 unspecified atom stereocenters. The Balaban J connectivity index is 1.79. The number of nitrogens with zero attached hydrogens (tertiary/aromatic N) is 2. The van der Waals surface area contributed by atoms with Gasteiger partial charge in [-0.1, -0.05) is 23.5 Å². The van der Waals surface area contributed by atoms with Crippen molar-refractivity contribution in [2.75, 3.05) is 12.3 Å². The van der Waals surface area contributed by atoms with Crippen LogP contribution in [0.5, 0.6) is 5.75 Å². The van der Waals surface area contributed by atoms with Crippen LogP contribution < -0.4 is 10.5 Å². The second kappa shape index (κ2) is 6.59. The van der Waals surface area contributed by atoms with Crippen LogP contribution in [-0.4, -0.2) is 16.2 Å². The van der Waals surface area contributed by atoms with E-state index in [-0.39, 0.29) is 0 Å². The molecule has 4 nitrogen and oxygen atoms in total. The van der Waals surface area contributed by atoms with Gasteiger partial charge in [-0.2, -0.15) is 0 Å². The molecule has 25 heavy (non-hydrogen) atoms. The lowest BCUT2D eigenvalue weighted by Crippen LogP contribution is -2.01. The van der Waals surface area contributed by atoms with Crippen molar-refractivity contribution in [3.05, 3.63) is 52.5 Å². The van der Waals surface area contributed by atoms with Crippen molar-refractivity contribution in [2.24, 2.45) is 0 Å². The van der Waals surface area contributed by atoms with Gasteiger partial charge < -0.3 is 10.5 Å². The smallest absolute Gasteiger partial charge is 0.168 e. The predicted molar refractivity (Wildman–Crippen MR) is 109 cm³/mol. The van der Waals surface area contributed by atoms with Gasteiger partial charge in [0.15, 0.2) is 3.95 Å². The lowest BCUT2D eigenvalue weighted by molar-refractivity contribution is 0.340. The maximum atomic E-state index is 6.43. The van der Waals surface area contributed by atoms with E-state index in [1.54, 1.807) is 11.3 Å². The average Bonchev–Trinajstić information content (AvgIpc) is 3.17. The summed E-state index contributed by atoms with van der Waals surface area (Å²) in [6.45, 7) is 2.60. The highest BCUT2D eigenvalue weighted by atomic mass is 32.1. The van der Waals surface area contributed by atoms with Crippen molar-refractivity contribution < 1.29 is 4.74 Å². The Bertz CT molecular complexity index is 1060. The molecular formula is C18H15N3OS3. The summed E-state index contributed by atoms with van der Waals surface area (Å²) in [5, 5.41) is 0.902. The first kappa shape index (κ1) is 16.3. The molecule has 2 N–H and O–H groups in total. The summed E-state index contributed by atoms with van der Waals surface area (Å²) in [5.74, 6) is 1.45. The van der Waals surface area contributed by atoms with Crippen LogP contribution in [0.3, 0.4) is 0 Å². The number of ether oxygens (including phenoxy) is 1. The number of fused-ring (bicyclic) bond motifs is 1. The molecule has 2 aromatic heterocycles. The van der Waals surface area contributed by atoms with E-state index in [1.165, 1.54) is 11.3 Å². The van der Waals surface area contributed by atoms with E-state index in [9.17, 15) is 0 Å². The van der Waals surface area contributed by atoms with Crippen LogP contribution in [0.4, 0.5) is 5.82 Å². The zero-order chi connectivity index (χ0) is 17.4. The number of benzene rings is 2. The van der Waals surface area contributed by atoms with E-state index in [4.69, 9.17) is 27.7 Å². The Hall–Kier alpha value is -2.22. The minimum atomic E-state index is 0.623. The van der Waals surface area contributed by atoms with Crippen molar-refractivity contribution in [3.8, 4) is 21.3 Å². The van der Waals surface area contributed by atoms with Crippen LogP contribution in [0.1, 0.15) is 6.92 Å². The van der Waals surface area contributed by atoms with Gasteiger partial charge >= 0.3 is 0 Å². The largest absolute Gasteiger partial charge is 0.494 e. The summed E-state index contributed by atoms with van der Waals surface area (Å²) >= 11 is 8.67. The molecule has 4 aromatic rings. The number of aromatic nitrogens is 2. The average molecular weight is 386 g/mol. The Morgan fingerprint density at radius 3 is 2.60 bits per heavy atom. The van der Waals surface area contributed by atoms with Crippen LogP contribution >= 0.6 is 34.9 Å². The standard InChI is InChI=1S/C18H15N3OS3/c1-2-22-12-9-7-11(8-10-12)21-16(19)15(25-18(21)23)17-20-13-5-3-4-6-14(13)24-17/h3-10H,2,19H2,1H3. The lowest BCUT2D eigenvalue weighted by atomic mass is 10.3. The van der Waals surface area contributed by atoms with Gasteiger partial charge in [-0.3, -0.25) is 4.57 Å². The fourth-order valence-electron chi connectivity index (χ4n) is 2.61. The maximum Gasteiger partial charge on any atom is 0.168 e.